The molecule has 0 aliphatic heterocycles. The summed E-state index contributed by atoms with van der Waals surface area (Å²) >= 11 is 0. The quantitative estimate of drug-likeness (QED) is 0.767. The monoisotopic (exact) mass is 237 g/mol. The predicted molar refractivity (Wildman–Crippen MR) is 66.7 cm³/mol. The number of benzene rings is 1. The molecule has 0 bridgehead atoms. The number of hydrogen-bond donors (Lipinski definition) is 1. The predicted octanol–water partition coefficient (Wildman–Crippen LogP) is 1.87. The molecule has 4 nitrogen and oxygen atoms in total. The Morgan fingerprint density at radius 2 is 1.94 bits per heavy atom. The van der Waals surface area contributed by atoms with Crippen molar-refractivity contribution in [3.05, 3.63) is 23.8 Å². The Kier molecular flexibility index (Phi) is 4.97. The van der Waals surface area contributed by atoms with Gasteiger partial charge < -0.3 is 15.2 Å². The maximum atomic E-state index is 12.1. The molecule has 1 unspecified atom stereocenters. The zero-order valence-electron chi connectivity index (χ0n) is 10.5. The van der Waals surface area contributed by atoms with E-state index in [2.05, 4.69) is 0 Å². The van der Waals surface area contributed by atoms with Gasteiger partial charge in [-0.25, -0.2) is 0 Å². The second kappa shape index (κ2) is 6.25. The standard InChI is InChI=1S/C13H19NO3/c1-9(6-7-14)13(15)10-4-5-11(16-2)12(8-10)17-3/h4-5,8-9H,6-7,14H2,1-3H3. The zero-order valence-corrected chi connectivity index (χ0v) is 10.5. The van der Waals surface area contributed by atoms with Gasteiger partial charge in [-0.3, -0.25) is 4.79 Å². The van der Waals surface area contributed by atoms with Crippen molar-refractivity contribution in [1.82, 2.24) is 0 Å². The number of methoxy groups -OCH3 is 2. The molecule has 0 saturated carbocycles. The summed E-state index contributed by atoms with van der Waals surface area (Å²) in [5.41, 5.74) is 6.08. The van der Waals surface area contributed by atoms with Crippen molar-refractivity contribution in [3.63, 3.8) is 0 Å². The molecule has 0 saturated heterocycles. The van der Waals surface area contributed by atoms with Gasteiger partial charge in [0.25, 0.3) is 0 Å². The Morgan fingerprint density at radius 3 is 2.47 bits per heavy atom. The third-order valence-corrected chi connectivity index (χ3v) is 2.72. The molecule has 0 aliphatic rings. The van der Waals surface area contributed by atoms with E-state index in [1.807, 2.05) is 6.92 Å². The minimum Gasteiger partial charge on any atom is -0.493 e. The van der Waals surface area contributed by atoms with Crippen LogP contribution in [0.15, 0.2) is 18.2 Å². The summed E-state index contributed by atoms with van der Waals surface area (Å²) in [6.45, 7) is 2.39. The van der Waals surface area contributed by atoms with Crippen LogP contribution in [0, 0.1) is 5.92 Å². The van der Waals surface area contributed by atoms with Crippen LogP contribution in [-0.4, -0.2) is 26.5 Å². The number of nitrogens with two attached hydrogens (primary N) is 1. The van der Waals surface area contributed by atoms with E-state index in [0.717, 1.165) is 0 Å². The van der Waals surface area contributed by atoms with E-state index in [1.54, 1.807) is 32.4 Å². The molecule has 0 radical (unpaired) electrons. The minimum absolute atomic E-state index is 0.0712. The van der Waals surface area contributed by atoms with Crippen molar-refractivity contribution >= 4 is 5.78 Å². The molecular weight excluding hydrogens is 218 g/mol. The lowest BCUT2D eigenvalue weighted by Gasteiger charge is -2.12. The van der Waals surface area contributed by atoms with Crippen LogP contribution in [0.5, 0.6) is 11.5 Å². The van der Waals surface area contributed by atoms with Crippen molar-refractivity contribution in [1.29, 1.82) is 0 Å². The van der Waals surface area contributed by atoms with E-state index in [9.17, 15) is 4.79 Å². The molecule has 0 aliphatic carbocycles. The highest BCUT2D eigenvalue weighted by atomic mass is 16.5. The number of ketones is 1. The summed E-state index contributed by atoms with van der Waals surface area (Å²) in [4.78, 5) is 12.1. The first-order valence-electron chi connectivity index (χ1n) is 5.60. The van der Waals surface area contributed by atoms with Crippen LogP contribution >= 0.6 is 0 Å². The zero-order chi connectivity index (χ0) is 12.8. The molecule has 1 atom stereocenters. The molecule has 0 spiro atoms. The molecule has 1 aromatic rings. The SMILES string of the molecule is COc1ccc(C(=O)C(C)CCN)cc1OC. The van der Waals surface area contributed by atoms with E-state index in [-0.39, 0.29) is 11.7 Å². The van der Waals surface area contributed by atoms with Crippen LogP contribution in [0.2, 0.25) is 0 Å². The van der Waals surface area contributed by atoms with Gasteiger partial charge in [0, 0.05) is 11.5 Å². The van der Waals surface area contributed by atoms with Gasteiger partial charge in [-0.1, -0.05) is 6.92 Å². The number of hydrogen-bond acceptors (Lipinski definition) is 4. The molecule has 0 heterocycles. The van der Waals surface area contributed by atoms with Crippen LogP contribution in [-0.2, 0) is 0 Å². The van der Waals surface area contributed by atoms with E-state index >= 15 is 0 Å². The minimum atomic E-state index is -0.0712. The first kappa shape index (κ1) is 13.5. The van der Waals surface area contributed by atoms with Gasteiger partial charge in [0.2, 0.25) is 0 Å². The summed E-state index contributed by atoms with van der Waals surface area (Å²) in [5.74, 6) is 1.20. The van der Waals surface area contributed by atoms with Crippen molar-refractivity contribution < 1.29 is 14.3 Å². The largest absolute Gasteiger partial charge is 0.493 e. The van der Waals surface area contributed by atoms with Gasteiger partial charge in [0.15, 0.2) is 17.3 Å². The van der Waals surface area contributed by atoms with Crippen LogP contribution < -0.4 is 15.2 Å². The summed E-state index contributed by atoms with van der Waals surface area (Å²) in [6, 6.07) is 5.19. The maximum Gasteiger partial charge on any atom is 0.165 e. The molecule has 1 aromatic carbocycles. The van der Waals surface area contributed by atoms with Gasteiger partial charge in [0.1, 0.15) is 0 Å². The van der Waals surface area contributed by atoms with Crippen molar-refractivity contribution in [2.24, 2.45) is 11.7 Å². The average molecular weight is 237 g/mol. The van der Waals surface area contributed by atoms with Crippen molar-refractivity contribution in [2.45, 2.75) is 13.3 Å². The molecule has 1 rings (SSSR count). The van der Waals surface area contributed by atoms with Crippen LogP contribution in [0.3, 0.4) is 0 Å². The average Bonchev–Trinajstić information content (AvgIpc) is 2.37. The maximum absolute atomic E-state index is 12.1. The molecule has 0 aromatic heterocycles. The van der Waals surface area contributed by atoms with Crippen molar-refractivity contribution in [2.75, 3.05) is 20.8 Å². The van der Waals surface area contributed by atoms with Crippen LogP contribution in [0.1, 0.15) is 23.7 Å². The molecular formula is C13H19NO3. The number of Topliss-reactive ketones (excluding diaryl/α,β-unsaturated/α-hetero) is 1. The van der Waals surface area contributed by atoms with Gasteiger partial charge in [-0.05, 0) is 31.2 Å². The Bertz CT molecular complexity index is 390. The van der Waals surface area contributed by atoms with E-state index < -0.39 is 0 Å². The molecule has 4 heteroatoms. The highest BCUT2D eigenvalue weighted by molar-refractivity contribution is 5.98. The van der Waals surface area contributed by atoms with E-state index in [1.165, 1.54) is 0 Å². The third-order valence-electron chi connectivity index (χ3n) is 2.72. The molecule has 17 heavy (non-hydrogen) atoms. The smallest absolute Gasteiger partial charge is 0.165 e. The lowest BCUT2D eigenvalue weighted by molar-refractivity contribution is 0.0925. The lowest BCUT2D eigenvalue weighted by atomic mass is 9.96. The number of ether oxygens (including phenoxy) is 2. The van der Waals surface area contributed by atoms with Gasteiger partial charge in [-0.15, -0.1) is 0 Å². The van der Waals surface area contributed by atoms with Crippen LogP contribution in [0.4, 0.5) is 0 Å². The first-order valence-corrected chi connectivity index (χ1v) is 5.60. The number of rotatable bonds is 6. The van der Waals surface area contributed by atoms with Gasteiger partial charge in [0.05, 0.1) is 14.2 Å². The lowest BCUT2D eigenvalue weighted by Crippen LogP contribution is -2.15. The first-order chi connectivity index (χ1) is 8.13. The Balaban J connectivity index is 2.95. The fraction of sp³-hybridized carbons (Fsp3) is 0.462. The molecule has 94 valence electrons. The number of carbonyl (C=O) groups excluding carboxylic acids is 1. The normalized spacial score (nSPS) is 12.0. The van der Waals surface area contributed by atoms with Crippen LogP contribution in [0.25, 0.3) is 0 Å². The second-order valence-electron chi connectivity index (χ2n) is 3.91. The van der Waals surface area contributed by atoms with E-state index in [0.29, 0.717) is 30.0 Å². The fourth-order valence-electron chi connectivity index (χ4n) is 1.66. The van der Waals surface area contributed by atoms with E-state index in [4.69, 9.17) is 15.2 Å². The summed E-state index contributed by atoms with van der Waals surface area (Å²) in [7, 11) is 3.12. The van der Waals surface area contributed by atoms with Crippen molar-refractivity contribution in [3.8, 4) is 11.5 Å². The molecule has 2 N–H and O–H groups in total. The molecule has 0 amide bonds. The Labute approximate surface area is 102 Å². The summed E-state index contributed by atoms with van der Waals surface area (Å²) in [6.07, 6.45) is 0.688. The Morgan fingerprint density at radius 1 is 1.29 bits per heavy atom. The highest BCUT2D eigenvalue weighted by Gasteiger charge is 2.16. The van der Waals surface area contributed by atoms with Gasteiger partial charge in [-0.2, -0.15) is 0 Å². The summed E-state index contributed by atoms with van der Waals surface area (Å²) in [5, 5.41) is 0. The highest BCUT2D eigenvalue weighted by Crippen LogP contribution is 2.28. The molecule has 0 fully saturated rings. The number of carbonyl (C=O) groups is 1. The topological polar surface area (TPSA) is 61.5 Å². The fourth-order valence-corrected chi connectivity index (χ4v) is 1.66. The second-order valence-corrected chi connectivity index (χ2v) is 3.91. The van der Waals surface area contributed by atoms with Gasteiger partial charge >= 0.3 is 0 Å². The third kappa shape index (κ3) is 3.20. The summed E-state index contributed by atoms with van der Waals surface area (Å²) < 4.78 is 10.3. The Hall–Kier alpha value is -1.55.